The molecule has 1 aromatic carbocycles. The number of aliphatic hydroxyl groups is 3. The lowest BCUT2D eigenvalue weighted by molar-refractivity contribution is -0.272. The zero-order valence-electron chi connectivity index (χ0n) is 46.1. The summed E-state index contributed by atoms with van der Waals surface area (Å²) in [5, 5.41) is 58.7. The molecule has 2 aromatic rings. The fourth-order valence-corrected chi connectivity index (χ4v) is 8.44. The maximum atomic E-state index is 12.8. The molecule has 0 radical (unpaired) electrons. The van der Waals surface area contributed by atoms with Crippen molar-refractivity contribution in [2.75, 3.05) is 90.5 Å². The molecule has 12 N–H and O–H groups in total. The van der Waals surface area contributed by atoms with Gasteiger partial charge in [0.05, 0.1) is 70.8 Å². The molecular weight excluding hydrogens is 1120 g/mol. The van der Waals surface area contributed by atoms with Crippen LogP contribution in [0.2, 0.25) is 0 Å². The van der Waals surface area contributed by atoms with Crippen molar-refractivity contribution in [1.82, 2.24) is 51.8 Å². The summed E-state index contributed by atoms with van der Waals surface area (Å²) >= 11 is 5.40. The highest BCUT2D eigenvalue weighted by Crippen LogP contribution is 2.37. The average Bonchev–Trinajstić information content (AvgIpc) is 4.19. The molecule has 0 spiro atoms. The summed E-state index contributed by atoms with van der Waals surface area (Å²) in [4.78, 5) is 105. The second-order valence-corrected chi connectivity index (χ2v) is 21.2. The van der Waals surface area contributed by atoms with Crippen LogP contribution >= 0.6 is 19.8 Å². The van der Waals surface area contributed by atoms with E-state index in [4.69, 9.17) is 40.6 Å². The number of hydrogen-bond acceptors (Lipinski definition) is 20. The van der Waals surface area contributed by atoms with Crippen molar-refractivity contribution in [3.63, 3.8) is 0 Å². The molecule has 2 aliphatic rings. The number of thiocarbonyl (C=S) groups is 1. The van der Waals surface area contributed by atoms with Crippen LogP contribution in [0.15, 0.2) is 42.6 Å². The highest BCUT2D eigenvalue weighted by Gasteiger charge is 2.45. The van der Waals surface area contributed by atoms with Gasteiger partial charge < -0.3 is 90.7 Å². The molecule has 7 amide bonds. The number of amides is 7. The number of hydrogen-bond donors (Lipinski definition) is 12. The van der Waals surface area contributed by atoms with Crippen molar-refractivity contribution >= 4 is 72.0 Å². The fraction of sp³-hybridized carbons (Fsp3) is 0.640. The van der Waals surface area contributed by atoms with Crippen LogP contribution in [-0.2, 0) is 74.8 Å². The van der Waals surface area contributed by atoms with E-state index in [-0.39, 0.29) is 82.9 Å². The number of rotatable bonds is 39. The molecule has 1 fully saturated rings. The van der Waals surface area contributed by atoms with Crippen molar-refractivity contribution in [3.05, 3.63) is 48.3 Å². The summed E-state index contributed by atoms with van der Waals surface area (Å²) in [6, 6.07) is 3.57. The molecular formula is C50H78N11O19PS. The molecule has 1 saturated heterocycles. The summed E-state index contributed by atoms with van der Waals surface area (Å²) in [5.74, 6) is -2.82. The third-order valence-electron chi connectivity index (χ3n) is 12.2. The predicted octanol–water partition coefficient (Wildman–Crippen LogP) is -2.75. The van der Waals surface area contributed by atoms with E-state index in [1.165, 1.54) is 32.9 Å². The minimum Gasteiger partial charge on any atom is -0.462 e. The first-order valence-electron chi connectivity index (χ1n) is 26.8. The average molecular weight is 1200 g/mol. The molecule has 1 aromatic heterocycles. The Kier molecular flexibility index (Phi) is 30.4. The normalized spacial score (nSPS) is 19.0. The van der Waals surface area contributed by atoms with E-state index < -0.39 is 92.1 Å². The van der Waals surface area contributed by atoms with Crippen LogP contribution in [0.25, 0.3) is 0 Å². The van der Waals surface area contributed by atoms with Gasteiger partial charge in [-0.15, -0.1) is 5.10 Å². The van der Waals surface area contributed by atoms with Crippen molar-refractivity contribution in [2.24, 2.45) is 0 Å². The summed E-state index contributed by atoms with van der Waals surface area (Å²) in [6.07, 6.45) is -1.27. The second-order valence-electron chi connectivity index (χ2n) is 19.0. The highest BCUT2D eigenvalue weighted by atomic mass is 32.1. The Hall–Kier alpha value is -6.09. The molecule has 8 atom stereocenters. The zero-order chi connectivity index (χ0) is 60.0. The van der Waals surface area contributed by atoms with Gasteiger partial charge in [0.15, 0.2) is 5.11 Å². The first-order valence-corrected chi connectivity index (χ1v) is 29.0. The van der Waals surface area contributed by atoms with Crippen LogP contribution in [-0.4, -0.2) is 225 Å². The largest absolute Gasteiger partial charge is 0.462 e. The van der Waals surface area contributed by atoms with Crippen LogP contribution in [0.1, 0.15) is 65.0 Å². The number of nitrogens with zero attached hydrogens (tertiary/aromatic N) is 4. The topological polar surface area (TPSA) is 411 Å². The number of carbonyl (C=O) groups excluding carboxylic acids is 7. The van der Waals surface area contributed by atoms with Gasteiger partial charge in [-0.05, 0) is 89.4 Å². The van der Waals surface area contributed by atoms with E-state index in [9.17, 15) is 63.2 Å². The number of ether oxygens (including phenoxy) is 6. The molecule has 0 bridgehead atoms. The highest BCUT2D eigenvalue weighted by molar-refractivity contribution is 7.80. The van der Waals surface area contributed by atoms with Gasteiger partial charge in [-0.25, -0.2) is 0 Å². The molecule has 2 aliphatic heterocycles. The molecule has 4 rings (SSSR count). The number of aryl methyl sites for hydroxylation is 2. The Bertz CT molecular complexity index is 2440. The maximum Gasteiger partial charge on any atom is 0.325 e. The Balaban J connectivity index is 0.944. The van der Waals surface area contributed by atoms with Gasteiger partial charge in [-0.2, -0.15) is 0 Å². The molecule has 82 heavy (non-hydrogen) atoms. The second kappa shape index (κ2) is 36.5. The third-order valence-corrected chi connectivity index (χ3v) is 13.3. The monoisotopic (exact) mass is 1200 g/mol. The zero-order valence-corrected chi connectivity index (χ0v) is 47.8. The summed E-state index contributed by atoms with van der Waals surface area (Å²) < 4.78 is 45.8. The molecule has 3 heterocycles. The quantitative estimate of drug-likeness (QED) is 0.0140. The van der Waals surface area contributed by atoms with Crippen LogP contribution in [0.4, 0.5) is 5.69 Å². The first-order chi connectivity index (χ1) is 39.1. The van der Waals surface area contributed by atoms with E-state index in [2.05, 4.69) is 47.5 Å². The standard InChI is InChI=1S/C50H78N11O19PS/c1-32(46(69)52-19-23-76-25-27-78-29-28-77-26-24-75-22-15-39(62)51-18-21-61-41(64)13-14-42(61)65)55-48(71)34(3)56-47(70)33(2)54-40(63)8-6-20-60-31-36(58-59-60)7-4-5-17-53-50(82)57-35-9-11-37(12-10-35)79-49-45(68)44(67)43(66)38(80-49)16-30-81(72,73)74/h9-14,31-34,38,43-45,49,66-68H,4-8,15-30H2,1-3H3,(H,51,62)(H,52,69)(H,54,63)(H,55,71)(H,56,70)(H2,53,57,82)(H2,72,73,74)/t32?,33?,34?,38-,43-,44+,45+,49+/m1/s1. The van der Waals surface area contributed by atoms with E-state index in [0.717, 1.165) is 23.4 Å². The lowest BCUT2D eigenvalue weighted by atomic mass is 9.97. The molecule has 32 heteroatoms. The molecule has 0 aliphatic carbocycles. The molecule has 458 valence electrons. The lowest BCUT2D eigenvalue weighted by Gasteiger charge is -2.40. The summed E-state index contributed by atoms with van der Waals surface area (Å²) in [6.45, 7) is 8.03. The number of carbonyl (C=O) groups is 7. The van der Waals surface area contributed by atoms with E-state index in [1.807, 2.05) is 0 Å². The molecule has 0 saturated carbocycles. The van der Waals surface area contributed by atoms with Crippen LogP contribution in [0, 0.1) is 0 Å². The van der Waals surface area contributed by atoms with Crippen LogP contribution in [0.3, 0.4) is 0 Å². The SMILES string of the molecule is CC(NC(=O)CCCn1cc(CCCCNC(=S)Nc2ccc(O[C@H]3O[C@H](CCP(=O)(O)O)[C@@H](O)[C@H](O)[C@@H]3O)cc2)nn1)C(=O)NC(C)C(=O)NC(C)C(=O)NCCOCCOCCOCCOCCC(=O)NCCN1C(=O)C=CC1=O. The minimum atomic E-state index is -4.39. The van der Waals surface area contributed by atoms with Crippen molar-refractivity contribution in [1.29, 1.82) is 0 Å². The van der Waals surface area contributed by atoms with Gasteiger partial charge in [0.25, 0.3) is 11.8 Å². The van der Waals surface area contributed by atoms with Gasteiger partial charge in [0, 0.05) is 69.6 Å². The van der Waals surface area contributed by atoms with Gasteiger partial charge >= 0.3 is 7.60 Å². The molecule has 30 nitrogen and oxygen atoms in total. The smallest absolute Gasteiger partial charge is 0.325 e. The molecule has 3 unspecified atom stereocenters. The summed E-state index contributed by atoms with van der Waals surface area (Å²) in [5.41, 5.74) is 1.39. The van der Waals surface area contributed by atoms with Gasteiger partial charge in [0.2, 0.25) is 35.8 Å². The third kappa shape index (κ3) is 26.4. The van der Waals surface area contributed by atoms with E-state index in [1.54, 1.807) is 35.1 Å². The summed E-state index contributed by atoms with van der Waals surface area (Å²) in [7, 11) is -4.39. The first kappa shape index (κ1) is 68.4. The maximum absolute atomic E-state index is 12.8. The number of unbranched alkanes of at least 4 members (excludes halogenated alkanes) is 1. The lowest BCUT2D eigenvalue weighted by Crippen LogP contribution is -2.59. The number of aliphatic hydroxyl groups excluding tert-OH is 3. The van der Waals surface area contributed by atoms with E-state index >= 15 is 0 Å². The Morgan fingerprint density at radius 1 is 0.683 bits per heavy atom. The minimum absolute atomic E-state index is 0.101. The number of benzene rings is 1. The Labute approximate surface area is 479 Å². The predicted molar refractivity (Wildman–Crippen MR) is 294 cm³/mol. The van der Waals surface area contributed by atoms with Crippen molar-refractivity contribution < 1.29 is 91.7 Å². The number of imide groups is 1. The van der Waals surface area contributed by atoms with Crippen LogP contribution in [0.5, 0.6) is 5.75 Å². The van der Waals surface area contributed by atoms with Gasteiger partial charge in [0.1, 0.15) is 42.2 Å². The number of nitrogens with one attached hydrogen (secondary N) is 7. The van der Waals surface area contributed by atoms with Crippen molar-refractivity contribution in [3.8, 4) is 5.75 Å². The Morgan fingerprint density at radius 3 is 1.91 bits per heavy atom. The van der Waals surface area contributed by atoms with Gasteiger partial charge in [-0.1, -0.05) is 5.21 Å². The number of anilines is 1. The van der Waals surface area contributed by atoms with Gasteiger partial charge in [-0.3, -0.25) is 47.7 Å². The Morgan fingerprint density at radius 2 is 1.28 bits per heavy atom. The van der Waals surface area contributed by atoms with E-state index in [0.29, 0.717) is 63.2 Å². The fourth-order valence-electron chi connectivity index (χ4n) is 7.63. The van der Waals surface area contributed by atoms with Crippen LogP contribution < -0.4 is 42.0 Å². The number of aromatic nitrogens is 3. The van der Waals surface area contributed by atoms with Crippen molar-refractivity contribution in [2.45, 2.75) is 121 Å².